The minimum atomic E-state index is 0.489. The van der Waals surface area contributed by atoms with E-state index in [2.05, 4.69) is 0 Å². The van der Waals surface area contributed by atoms with E-state index in [1.807, 2.05) is 24.3 Å². The molecule has 0 saturated heterocycles. The third kappa shape index (κ3) is 29.0. The first-order valence-electron chi connectivity index (χ1n) is 15.0. The zero-order valence-corrected chi connectivity index (χ0v) is 26.0. The van der Waals surface area contributed by atoms with Crippen LogP contribution in [0.15, 0.2) is 24.3 Å². The van der Waals surface area contributed by atoms with Crippen molar-refractivity contribution in [1.29, 1.82) is 0 Å². The summed E-state index contributed by atoms with van der Waals surface area (Å²) in [5.41, 5.74) is 6.66. The highest BCUT2D eigenvalue weighted by molar-refractivity contribution is 5.26. The maximum absolute atomic E-state index is 5.61. The van der Waals surface area contributed by atoms with Crippen molar-refractivity contribution in [3.05, 3.63) is 29.8 Å². The minimum absolute atomic E-state index is 0.489. The van der Waals surface area contributed by atoms with Crippen molar-refractivity contribution in [2.24, 2.45) is 5.73 Å². The molecule has 0 heterocycles. The van der Waals surface area contributed by atoms with E-state index in [9.17, 15) is 0 Å². The van der Waals surface area contributed by atoms with Crippen LogP contribution in [0.3, 0.4) is 0 Å². The highest BCUT2D eigenvalue weighted by atomic mass is 16.6. The molecule has 0 aromatic heterocycles. The van der Waals surface area contributed by atoms with E-state index in [0.717, 1.165) is 11.3 Å². The Bertz CT molecular complexity index is 671. The van der Waals surface area contributed by atoms with E-state index in [4.69, 9.17) is 62.6 Å². The summed E-state index contributed by atoms with van der Waals surface area (Å²) in [4.78, 5) is 0. The lowest BCUT2D eigenvalue weighted by molar-refractivity contribution is -0.0273. The maximum atomic E-state index is 5.61. The fraction of sp³-hybridized carbons (Fsp3) is 0.800. The molecule has 13 nitrogen and oxygen atoms in total. The second-order valence-electron chi connectivity index (χ2n) is 8.81. The van der Waals surface area contributed by atoms with Crippen LogP contribution in [0.25, 0.3) is 0 Å². The molecular weight excluding hydrogens is 566 g/mol. The van der Waals surface area contributed by atoms with Crippen molar-refractivity contribution in [2.45, 2.75) is 6.54 Å². The van der Waals surface area contributed by atoms with Crippen LogP contribution in [0.2, 0.25) is 0 Å². The predicted octanol–water partition coefficient (Wildman–Crippen LogP) is 1.34. The summed E-state index contributed by atoms with van der Waals surface area (Å²) in [6.45, 7) is 12.1. The Morgan fingerprint density at radius 2 is 0.628 bits per heavy atom. The summed E-state index contributed by atoms with van der Waals surface area (Å²) in [6.07, 6.45) is 0. The quantitative estimate of drug-likeness (QED) is 0.109. The van der Waals surface area contributed by atoms with Crippen LogP contribution in [0.5, 0.6) is 5.75 Å². The topological polar surface area (TPSA) is 137 Å². The predicted molar refractivity (Wildman–Crippen MR) is 160 cm³/mol. The van der Waals surface area contributed by atoms with Gasteiger partial charge in [0.1, 0.15) is 12.4 Å². The molecule has 0 aliphatic heterocycles. The van der Waals surface area contributed by atoms with E-state index in [1.165, 1.54) is 0 Å². The average Bonchev–Trinajstić information content (AvgIpc) is 3.03. The van der Waals surface area contributed by atoms with Crippen molar-refractivity contribution >= 4 is 0 Å². The molecule has 0 fully saturated rings. The monoisotopic (exact) mass is 621 g/mol. The summed E-state index contributed by atoms with van der Waals surface area (Å²) in [5, 5.41) is 0. The van der Waals surface area contributed by atoms with E-state index in [1.54, 1.807) is 7.11 Å². The first-order chi connectivity index (χ1) is 21.4. The normalized spacial score (nSPS) is 11.4. The molecule has 2 N–H and O–H groups in total. The molecule has 0 aliphatic rings. The molecular formula is C30H55NO12. The summed E-state index contributed by atoms with van der Waals surface area (Å²) in [7, 11) is 1.65. The highest BCUT2D eigenvalue weighted by Gasteiger charge is 1.97. The van der Waals surface area contributed by atoms with Gasteiger partial charge in [-0.1, -0.05) is 12.1 Å². The van der Waals surface area contributed by atoms with E-state index < -0.39 is 0 Å². The second-order valence-corrected chi connectivity index (χ2v) is 8.81. The summed E-state index contributed by atoms with van der Waals surface area (Å²) in [6, 6.07) is 7.72. The van der Waals surface area contributed by atoms with Crippen molar-refractivity contribution in [3.63, 3.8) is 0 Å². The summed E-state index contributed by atoms with van der Waals surface area (Å²) < 4.78 is 64.9. The Morgan fingerprint density at radius 1 is 0.372 bits per heavy atom. The molecule has 13 heteroatoms. The van der Waals surface area contributed by atoms with Gasteiger partial charge in [0, 0.05) is 13.7 Å². The van der Waals surface area contributed by atoms with Gasteiger partial charge in [-0.15, -0.1) is 0 Å². The minimum Gasteiger partial charge on any atom is -0.491 e. The summed E-state index contributed by atoms with van der Waals surface area (Å²) in [5.74, 6) is 0.808. The Balaban J connectivity index is 1.64. The molecule has 1 aromatic rings. The third-order valence-corrected chi connectivity index (χ3v) is 5.44. The van der Waals surface area contributed by atoms with Gasteiger partial charge in [0.25, 0.3) is 0 Å². The SMILES string of the molecule is COCCOCCOCCOCCOCCOCCOCCOCCOCCOCCOCCOc1ccc(CN)cc1. The molecule has 0 aliphatic carbocycles. The molecule has 0 spiro atoms. The molecule has 43 heavy (non-hydrogen) atoms. The van der Waals surface area contributed by atoms with Crippen LogP contribution in [0, 0.1) is 0 Å². The average molecular weight is 622 g/mol. The lowest BCUT2D eigenvalue weighted by Crippen LogP contribution is -2.15. The molecule has 0 radical (unpaired) electrons. The standard InChI is InChI=1S/C30H55NO12/c1-32-6-7-33-8-9-34-10-11-35-12-13-36-14-15-37-16-17-38-18-19-39-20-21-40-22-23-41-24-25-42-26-27-43-30-4-2-29(28-31)3-5-30/h2-5H,6-28,31H2,1H3. The number of nitrogens with two attached hydrogens (primary N) is 1. The molecule has 1 rings (SSSR count). The van der Waals surface area contributed by atoms with Crippen LogP contribution in [0.1, 0.15) is 5.56 Å². The van der Waals surface area contributed by atoms with Gasteiger partial charge >= 0.3 is 0 Å². The smallest absolute Gasteiger partial charge is 0.119 e. The van der Waals surface area contributed by atoms with E-state index >= 15 is 0 Å². The molecule has 0 bridgehead atoms. The van der Waals surface area contributed by atoms with Gasteiger partial charge in [0.15, 0.2) is 0 Å². The van der Waals surface area contributed by atoms with Gasteiger partial charge in [0.05, 0.1) is 139 Å². The number of benzene rings is 1. The fourth-order valence-corrected chi connectivity index (χ4v) is 3.16. The molecule has 252 valence electrons. The van der Waals surface area contributed by atoms with Crippen LogP contribution in [-0.4, -0.2) is 152 Å². The fourth-order valence-electron chi connectivity index (χ4n) is 3.16. The Hall–Kier alpha value is -1.46. The number of hydrogen-bond donors (Lipinski definition) is 1. The molecule has 0 saturated carbocycles. The van der Waals surface area contributed by atoms with Gasteiger partial charge in [0.2, 0.25) is 0 Å². The highest BCUT2D eigenvalue weighted by Crippen LogP contribution is 2.11. The largest absolute Gasteiger partial charge is 0.491 e. The summed E-state index contributed by atoms with van der Waals surface area (Å²) >= 11 is 0. The Labute approximate surface area is 257 Å². The van der Waals surface area contributed by atoms with E-state index in [0.29, 0.717) is 152 Å². The van der Waals surface area contributed by atoms with Gasteiger partial charge in [-0.25, -0.2) is 0 Å². The van der Waals surface area contributed by atoms with Crippen molar-refractivity contribution in [2.75, 3.05) is 152 Å². The van der Waals surface area contributed by atoms with Gasteiger partial charge in [-0.3, -0.25) is 0 Å². The zero-order valence-electron chi connectivity index (χ0n) is 26.0. The molecule has 0 unspecified atom stereocenters. The second kappa shape index (κ2) is 33.4. The van der Waals surface area contributed by atoms with Crippen LogP contribution < -0.4 is 10.5 Å². The molecule has 0 atom stereocenters. The molecule has 1 aromatic carbocycles. The first kappa shape index (κ1) is 39.6. The first-order valence-corrected chi connectivity index (χ1v) is 15.0. The van der Waals surface area contributed by atoms with Crippen LogP contribution in [0.4, 0.5) is 0 Å². The van der Waals surface area contributed by atoms with Crippen molar-refractivity contribution in [1.82, 2.24) is 0 Å². The number of methoxy groups -OCH3 is 1. The van der Waals surface area contributed by atoms with Gasteiger partial charge in [-0.05, 0) is 17.7 Å². The maximum Gasteiger partial charge on any atom is 0.119 e. The van der Waals surface area contributed by atoms with Crippen molar-refractivity contribution in [3.8, 4) is 5.75 Å². The van der Waals surface area contributed by atoms with E-state index in [-0.39, 0.29) is 0 Å². The number of hydrogen-bond acceptors (Lipinski definition) is 13. The Kier molecular flexibility index (Phi) is 30.8. The van der Waals surface area contributed by atoms with Crippen LogP contribution in [-0.2, 0) is 58.7 Å². The number of rotatable bonds is 35. The Morgan fingerprint density at radius 3 is 0.884 bits per heavy atom. The lowest BCUT2D eigenvalue weighted by atomic mass is 10.2. The van der Waals surface area contributed by atoms with Crippen LogP contribution >= 0.6 is 0 Å². The van der Waals surface area contributed by atoms with Gasteiger partial charge < -0.3 is 62.6 Å². The lowest BCUT2D eigenvalue weighted by Gasteiger charge is -2.09. The molecule has 0 amide bonds. The van der Waals surface area contributed by atoms with Gasteiger partial charge in [-0.2, -0.15) is 0 Å². The van der Waals surface area contributed by atoms with Crippen molar-refractivity contribution < 1.29 is 56.8 Å². The zero-order chi connectivity index (χ0) is 30.7. The number of ether oxygens (including phenoxy) is 12. The third-order valence-electron chi connectivity index (χ3n) is 5.44.